The quantitative estimate of drug-likeness (QED) is 0.634. The molecule has 0 N–H and O–H groups in total. The second-order valence-corrected chi connectivity index (χ2v) is 8.20. The molecule has 0 saturated carbocycles. The lowest BCUT2D eigenvalue weighted by atomic mass is 10.1. The van der Waals surface area contributed by atoms with Crippen molar-refractivity contribution in [3.63, 3.8) is 0 Å². The van der Waals surface area contributed by atoms with Crippen molar-refractivity contribution >= 4 is 22.7 Å². The van der Waals surface area contributed by atoms with Crippen LogP contribution in [0.1, 0.15) is 51.1 Å². The number of ether oxygens (including phenoxy) is 1. The van der Waals surface area contributed by atoms with E-state index in [0.29, 0.717) is 55.5 Å². The maximum atomic E-state index is 13.3. The van der Waals surface area contributed by atoms with Gasteiger partial charge in [0, 0.05) is 43.0 Å². The van der Waals surface area contributed by atoms with Crippen LogP contribution >= 0.6 is 0 Å². The number of morpholine rings is 1. The molecule has 1 aromatic carbocycles. The lowest BCUT2D eigenvalue weighted by Crippen LogP contribution is -2.41. The summed E-state index contributed by atoms with van der Waals surface area (Å²) < 4.78 is 5.33. The lowest BCUT2D eigenvalue weighted by molar-refractivity contribution is 0.0301. The van der Waals surface area contributed by atoms with Gasteiger partial charge in [-0.2, -0.15) is 0 Å². The normalized spacial score (nSPS) is 18.8. The van der Waals surface area contributed by atoms with Crippen LogP contribution in [0.15, 0.2) is 42.7 Å². The van der Waals surface area contributed by atoms with Crippen LogP contribution in [-0.4, -0.2) is 69.4 Å². The van der Waals surface area contributed by atoms with Crippen molar-refractivity contribution in [1.82, 2.24) is 24.8 Å². The summed E-state index contributed by atoms with van der Waals surface area (Å²) in [4.78, 5) is 43.3. The van der Waals surface area contributed by atoms with E-state index in [1.807, 2.05) is 42.2 Å². The van der Waals surface area contributed by atoms with E-state index in [0.717, 1.165) is 23.7 Å². The fraction of sp³-hybridized carbons (Fsp3) is 0.375. The summed E-state index contributed by atoms with van der Waals surface area (Å²) in [6.45, 7) is 4.74. The molecule has 0 radical (unpaired) electrons. The molecule has 32 heavy (non-hydrogen) atoms. The molecule has 0 spiro atoms. The molecule has 8 nitrogen and oxygen atoms in total. The highest BCUT2D eigenvalue weighted by molar-refractivity contribution is 5.98. The van der Waals surface area contributed by atoms with Gasteiger partial charge in [-0.1, -0.05) is 6.07 Å². The number of benzene rings is 1. The first-order valence-corrected chi connectivity index (χ1v) is 11.0. The molecule has 2 aromatic heterocycles. The fourth-order valence-electron chi connectivity index (χ4n) is 4.45. The van der Waals surface area contributed by atoms with Gasteiger partial charge >= 0.3 is 0 Å². The van der Waals surface area contributed by atoms with Gasteiger partial charge in [0.1, 0.15) is 0 Å². The number of carbonyl (C=O) groups is 2. The smallest absolute Gasteiger partial charge is 0.257 e. The van der Waals surface area contributed by atoms with Crippen LogP contribution in [0.4, 0.5) is 0 Å². The third kappa shape index (κ3) is 3.82. The third-order valence-electron chi connectivity index (χ3n) is 6.19. The van der Waals surface area contributed by atoms with E-state index in [4.69, 9.17) is 4.74 Å². The zero-order valence-corrected chi connectivity index (χ0v) is 18.0. The Balaban J connectivity index is 1.38. The first kappa shape index (κ1) is 20.5. The van der Waals surface area contributed by atoms with Crippen molar-refractivity contribution in [3.05, 3.63) is 65.4 Å². The van der Waals surface area contributed by atoms with Crippen molar-refractivity contribution in [2.24, 2.45) is 0 Å². The Morgan fingerprint density at radius 1 is 1.06 bits per heavy atom. The molecule has 3 aromatic rings. The summed E-state index contributed by atoms with van der Waals surface area (Å²) in [5.74, 6) is 0.490. The number of carbonyl (C=O) groups excluding carboxylic acids is 2. The van der Waals surface area contributed by atoms with Crippen LogP contribution in [0.2, 0.25) is 0 Å². The molecule has 2 amide bonds. The van der Waals surface area contributed by atoms with Crippen LogP contribution in [0.25, 0.3) is 10.9 Å². The number of rotatable bonds is 3. The topological polar surface area (TPSA) is 88.5 Å². The molecule has 4 heterocycles. The maximum Gasteiger partial charge on any atom is 0.257 e. The van der Waals surface area contributed by atoms with Crippen molar-refractivity contribution in [2.75, 3.05) is 32.8 Å². The van der Waals surface area contributed by atoms with Gasteiger partial charge in [0.05, 0.1) is 36.0 Å². The monoisotopic (exact) mass is 431 g/mol. The van der Waals surface area contributed by atoms with Crippen LogP contribution in [0, 0.1) is 6.92 Å². The molecule has 5 rings (SSSR count). The number of fused-ring (bicyclic) bond motifs is 1. The van der Waals surface area contributed by atoms with Gasteiger partial charge in [0.2, 0.25) is 0 Å². The zero-order chi connectivity index (χ0) is 22.1. The molecule has 8 heteroatoms. The Morgan fingerprint density at radius 3 is 2.72 bits per heavy atom. The summed E-state index contributed by atoms with van der Waals surface area (Å²) in [6, 6.07) is 9.21. The third-order valence-corrected chi connectivity index (χ3v) is 6.19. The summed E-state index contributed by atoms with van der Waals surface area (Å²) in [5.41, 5.74) is 2.64. The van der Waals surface area contributed by atoms with Crippen LogP contribution in [0.5, 0.6) is 0 Å². The van der Waals surface area contributed by atoms with Crippen molar-refractivity contribution in [1.29, 1.82) is 0 Å². The molecule has 2 aliphatic rings. The van der Waals surface area contributed by atoms with E-state index in [9.17, 15) is 9.59 Å². The van der Waals surface area contributed by atoms with Crippen molar-refractivity contribution in [2.45, 2.75) is 25.8 Å². The average Bonchev–Trinajstić information content (AvgIpc) is 3.33. The second-order valence-electron chi connectivity index (χ2n) is 8.20. The van der Waals surface area contributed by atoms with Gasteiger partial charge in [-0.25, -0.2) is 9.97 Å². The highest BCUT2D eigenvalue weighted by atomic mass is 16.5. The number of hydrogen-bond donors (Lipinski definition) is 0. The Hall–Kier alpha value is -3.39. The largest absolute Gasteiger partial charge is 0.378 e. The van der Waals surface area contributed by atoms with Gasteiger partial charge in [-0.3, -0.25) is 14.6 Å². The van der Waals surface area contributed by atoms with E-state index in [1.54, 1.807) is 17.3 Å². The predicted octanol–water partition coefficient (Wildman–Crippen LogP) is 2.78. The van der Waals surface area contributed by atoms with Gasteiger partial charge in [-0.05, 0) is 44.0 Å². The Bertz CT molecular complexity index is 1180. The number of pyridine rings is 1. The summed E-state index contributed by atoms with van der Waals surface area (Å²) in [6.07, 6.45) is 5.05. The minimum Gasteiger partial charge on any atom is -0.378 e. The number of hydrogen-bond acceptors (Lipinski definition) is 6. The first-order chi connectivity index (χ1) is 15.6. The summed E-state index contributed by atoms with van der Waals surface area (Å²) in [7, 11) is 0. The van der Waals surface area contributed by atoms with E-state index in [2.05, 4.69) is 15.0 Å². The average molecular weight is 431 g/mol. The van der Waals surface area contributed by atoms with Gasteiger partial charge in [0.25, 0.3) is 11.8 Å². The van der Waals surface area contributed by atoms with Gasteiger partial charge in [0.15, 0.2) is 5.82 Å². The molecule has 164 valence electrons. The minimum atomic E-state index is -0.196. The second kappa shape index (κ2) is 8.63. The number of aryl methyl sites for hydroxylation is 1. The number of nitrogens with zero attached hydrogens (tertiary/aromatic N) is 5. The number of amides is 2. The first-order valence-electron chi connectivity index (χ1n) is 11.0. The zero-order valence-electron chi connectivity index (χ0n) is 18.0. The highest BCUT2D eigenvalue weighted by Gasteiger charge is 2.33. The number of likely N-dealkylation sites (tertiary alicyclic amines) is 1. The van der Waals surface area contributed by atoms with E-state index >= 15 is 0 Å². The molecule has 2 fully saturated rings. The van der Waals surface area contributed by atoms with E-state index in [1.165, 1.54) is 0 Å². The van der Waals surface area contributed by atoms with E-state index < -0.39 is 0 Å². The number of aromatic nitrogens is 3. The Labute approximate surface area is 186 Å². The molecule has 1 atom stereocenters. The van der Waals surface area contributed by atoms with Gasteiger partial charge < -0.3 is 14.5 Å². The summed E-state index contributed by atoms with van der Waals surface area (Å²) in [5, 5.41) is 0.937. The van der Waals surface area contributed by atoms with Crippen molar-refractivity contribution < 1.29 is 14.3 Å². The molecule has 2 saturated heterocycles. The lowest BCUT2D eigenvalue weighted by Gasteiger charge is -2.27. The van der Waals surface area contributed by atoms with E-state index in [-0.39, 0.29) is 17.9 Å². The van der Waals surface area contributed by atoms with Crippen LogP contribution in [-0.2, 0) is 4.74 Å². The highest BCUT2D eigenvalue weighted by Crippen LogP contribution is 2.32. The minimum absolute atomic E-state index is 0.0343. The maximum absolute atomic E-state index is 13.3. The fourth-order valence-corrected chi connectivity index (χ4v) is 4.45. The van der Waals surface area contributed by atoms with Gasteiger partial charge in [-0.15, -0.1) is 0 Å². The Kier molecular flexibility index (Phi) is 5.53. The molecule has 0 bridgehead atoms. The SMILES string of the molecule is Cc1nc([C@@H]2CCCN2C(=O)c2ccc3ncccc3c2)ncc1C(=O)N1CCOCC1. The molecule has 0 aliphatic carbocycles. The van der Waals surface area contributed by atoms with Crippen molar-refractivity contribution in [3.8, 4) is 0 Å². The molecule has 0 unspecified atom stereocenters. The molecular formula is C24H25N5O3. The Morgan fingerprint density at radius 2 is 1.91 bits per heavy atom. The predicted molar refractivity (Wildman–Crippen MR) is 118 cm³/mol. The molecule has 2 aliphatic heterocycles. The van der Waals surface area contributed by atoms with Crippen LogP contribution in [0.3, 0.4) is 0 Å². The molecular weight excluding hydrogens is 406 g/mol. The summed E-state index contributed by atoms with van der Waals surface area (Å²) >= 11 is 0. The van der Waals surface area contributed by atoms with Crippen LogP contribution < -0.4 is 0 Å². The standard InChI is InChI=1S/C24H25N5O3/c1-16-19(24(31)28-10-12-32-13-11-28)15-26-22(27-16)21-5-3-9-29(21)23(30)18-6-7-20-17(14-18)4-2-8-25-20/h2,4,6-8,14-15,21H,3,5,9-13H2,1H3/t21-/m0/s1.